The van der Waals surface area contributed by atoms with Gasteiger partial charge in [0, 0.05) is 21.9 Å². The normalized spacial score (nSPS) is 21.7. The van der Waals surface area contributed by atoms with Gasteiger partial charge in [-0.25, -0.2) is 8.42 Å². The lowest BCUT2D eigenvalue weighted by Crippen LogP contribution is -2.38. The first-order valence-corrected chi connectivity index (χ1v) is 14.7. The minimum Gasteiger partial charge on any atom is -0.497 e. The van der Waals surface area contributed by atoms with Crippen molar-refractivity contribution in [3.8, 4) is 17.2 Å². The molecular formula is C24H27BrN2O6S2. The number of carbonyl (C=O) groups excluding carboxylic acids is 1. The molecule has 2 atom stereocenters. The number of rotatable bonds is 8. The van der Waals surface area contributed by atoms with E-state index in [1.165, 1.54) is 11.8 Å². The number of thioether (sulfide) groups is 1. The summed E-state index contributed by atoms with van der Waals surface area (Å²) in [5.74, 6) is 1.59. The first-order valence-electron chi connectivity index (χ1n) is 11.2. The molecule has 2 heterocycles. The van der Waals surface area contributed by atoms with Crippen LogP contribution in [0.15, 0.2) is 45.9 Å². The van der Waals surface area contributed by atoms with Crippen molar-refractivity contribution in [3.05, 3.63) is 46.4 Å². The van der Waals surface area contributed by atoms with E-state index >= 15 is 0 Å². The molecule has 2 aromatic rings. The monoisotopic (exact) mass is 582 g/mol. The van der Waals surface area contributed by atoms with Gasteiger partial charge in [0.2, 0.25) is 0 Å². The van der Waals surface area contributed by atoms with Gasteiger partial charge in [0.15, 0.2) is 26.5 Å². The van der Waals surface area contributed by atoms with Gasteiger partial charge in [-0.15, -0.1) is 0 Å². The molecule has 4 rings (SSSR count). The maximum atomic E-state index is 12.9. The van der Waals surface area contributed by atoms with Gasteiger partial charge >= 0.3 is 0 Å². The van der Waals surface area contributed by atoms with Crippen LogP contribution in [-0.4, -0.2) is 62.6 Å². The number of benzene rings is 2. The minimum atomic E-state index is -3.19. The van der Waals surface area contributed by atoms with Gasteiger partial charge in [0.05, 0.1) is 50.0 Å². The van der Waals surface area contributed by atoms with Crippen LogP contribution in [0.2, 0.25) is 0 Å². The molecule has 2 fully saturated rings. The molecule has 11 heteroatoms. The van der Waals surface area contributed by atoms with Gasteiger partial charge in [-0.3, -0.25) is 4.79 Å². The molecule has 0 spiro atoms. The van der Waals surface area contributed by atoms with E-state index in [2.05, 4.69) is 20.9 Å². The third kappa shape index (κ3) is 5.78. The Kier molecular flexibility index (Phi) is 7.97. The van der Waals surface area contributed by atoms with Crippen LogP contribution in [0.25, 0.3) is 0 Å². The molecular weight excluding hydrogens is 556 g/mol. The number of hydrogen-bond acceptors (Lipinski definition) is 7. The van der Waals surface area contributed by atoms with Crippen LogP contribution in [0.1, 0.15) is 19.4 Å². The Balaban J connectivity index is 1.69. The predicted octanol–water partition coefficient (Wildman–Crippen LogP) is 4.10. The molecule has 8 nitrogen and oxygen atoms in total. The number of methoxy groups -OCH3 is 1. The third-order valence-corrected chi connectivity index (χ3v) is 9.52. The Morgan fingerprint density at radius 1 is 1.11 bits per heavy atom. The van der Waals surface area contributed by atoms with E-state index in [9.17, 15) is 13.2 Å². The molecule has 0 bridgehead atoms. The Hall–Kier alpha value is -2.24. The summed E-state index contributed by atoms with van der Waals surface area (Å²) in [7, 11) is -1.60. The highest BCUT2D eigenvalue weighted by molar-refractivity contribution is 9.10. The van der Waals surface area contributed by atoms with Crippen molar-refractivity contribution in [3.63, 3.8) is 0 Å². The molecule has 0 saturated carbocycles. The van der Waals surface area contributed by atoms with Gasteiger partial charge in [0.1, 0.15) is 5.75 Å². The molecule has 0 N–H and O–H groups in total. The van der Waals surface area contributed by atoms with E-state index in [-0.39, 0.29) is 35.1 Å². The zero-order valence-corrected chi connectivity index (χ0v) is 22.9. The number of anilines is 1. The van der Waals surface area contributed by atoms with Crippen molar-refractivity contribution >= 4 is 54.3 Å². The highest BCUT2D eigenvalue weighted by atomic mass is 79.9. The maximum absolute atomic E-state index is 12.9. The number of carbonyl (C=O) groups is 1. The number of amidine groups is 1. The molecule has 0 aromatic heterocycles. The summed E-state index contributed by atoms with van der Waals surface area (Å²) in [6.07, 6.45) is 0.129. The minimum absolute atomic E-state index is 0.0000231. The second-order valence-electron chi connectivity index (χ2n) is 8.10. The highest BCUT2D eigenvalue weighted by Crippen LogP contribution is 2.46. The standard InChI is InChI=1S/C24H27BrN2O6S2/c1-4-32-20-11-17(25)18(12-21(20)33-5-2)27-19-13-35(29,30)14-22(19)34-24(27)26-23(28)10-15-6-8-16(31-3)9-7-15/h6-9,11-12,19,22H,4-5,10,13-14H2,1-3H3. The fourth-order valence-electron chi connectivity index (χ4n) is 4.16. The topological polar surface area (TPSA) is 94.5 Å². The van der Waals surface area contributed by atoms with Crippen LogP contribution in [0.5, 0.6) is 17.2 Å². The second-order valence-corrected chi connectivity index (χ2v) is 12.3. The molecule has 2 aliphatic rings. The van der Waals surface area contributed by atoms with E-state index in [1.54, 1.807) is 19.2 Å². The summed E-state index contributed by atoms with van der Waals surface area (Å²) < 4.78 is 42.2. The molecule has 2 unspecified atom stereocenters. The number of ether oxygens (including phenoxy) is 3. The van der Waals surface area contributed by atoms with E-state index in [1.807, 2.05) is 43.0 Å². The van der Waals surface area contributed by atoms with Crippen molar-refractivity contribution in [1.82, 2.24) is 0 Å². The SMILES string of the molecule is CCOc1cc(Br)c(N2C(=NC(=O)Cc3ccc(OC)cc3)SC3CS(=O)(=O)CC32)cc1OCC. The van der Waals surface area contributed by atoms with Crippen molar-refractivity contribution < 1.29 is 27.4 Å². The lowest BCUT2D eigenvalue weighted by molar-refractivity contribution is -0.117. The molecule has 2 aliphatic heterocycles. The first kappa shape index (κ1) is 25.8. The van der Waals surface area contributed by atoms with Crippen molar-refractivity contribution in [2.45, 2.75) is 31.6 Å². The molecule has 2 saturated heterocycles. The zero-order chi connectivity index (χ0) is 25.2. The van der Waals surface area contributed by atoms with Crippen LogP contribution in [0, 0.1) is 0 Å². The van der Waals surface area contributed by atoms with Gasteiger partial charge in [-0.05, 0) is 47.5 Å². The molecule has 1 amide bonds. The fourth-order valence-corrected chi connectivity index (χ4v) is 8.59. The smallest absolute Gasteiger partial charge is 0.252 e. The quantitative estimate of drug-likeness (QED) is 0.459. The molecule has 35 heavy (non-hydrogen) atoms. The molecule has 2 aromatic carbocycles. The summed E-state index contributed by atoms with van der Waals surface area (Å²) in [4.78, 5) is 19.2. The van der Waals surface area contributed by atoms with Crippen LogP contribution in [0.3, 0.4) is 0 Å². The van der Waals surface area contributed by atoms with Crippen LogP contribution in [0.4, 0.5) is 5.69 Å². The van der Waals surface area contributed by atoms with Gasteiger partial charge < -0.3 is 19.1 Å². The number of fused-ring (bicyclic) bond motifs is 1. The fraction of sp³-hybridized carbons (Fsp3) is 0.417. The highest BCUT2D eigenvalue weighted by Gasteiger charge is 2.50. The summed E-state index contributed by atoms with van der Waals surface area (Å²) in [6.45, 7) is 4.69. The number of aliphatic imine (C=N–C) groups is 1. The largest absolute Gasteiger partial charge is 0.497 e. The maximum Gasteiger partial charge on any atom is 0.252 e. The zero-order valence-electron chi connectivity index (χ0n) is 19.7. The third-order valence-electron chi connectivity index (χ3n) is 5.67. The lowest BCUT2D eigenvalue weighted by atomic mass is 10.1. The average Bonchev–Trinajstić information content (AvgIpc) is 3.27. The van der Waals surface area contributed by atoms with E-state index < -0.39 is 9.84 Å². The summed E-state index contributed by atoms with van der Waals surface area (Å²) >= 11 is 4.95. The van der Waals surface area contributed by atoms with E-state index in [4.69, 9.17) is 14.2 Å². The lowest BCUT2D eigenvalue weighted by Gasteiger charge is -2.27. The number of amides is 1. The summed E-state index contributed by atoms with van der Waals surface area (Å²) in [5.41, 5.74) is 1.50. The number of sulfone groups is 1. The summed E-state index contributed by atoms with van der Waals surface area (Å²) in [5, 5.41) is 0.280. The average molecular weight is 584 g/mol. The second kappa shape index (κ2) is 10.8. The van der Waals surface area contributed by atoms with Crippen LogP contribution < -0.4 is 19.1 Å². The first-order chi connectivity index (χ1) is 16.7. The number of nitrogens with zero attached hydrogens (tertiary/aromatic N) is 2. The predicted molar refractivity (Wildman–Crippen MR) is 142 cm³/mol. The molecule has 188 valence electrons. The van der Waals surface area contributed by atoms with Gasteiger partial charge in [0.25, 0.3) is 5.91 Å². The van der Waals surface area contributed by atoms with Gasteiger partial charge in [-0.2, -0.15) is 4.99 Å². The van der Waals surface area contributed by atoms with Gasteiger partial charge in [-0.1, -0.05) is 23.9 Å². The summed E-state index contributed by atoms with van der Waals surface area (Å²) in [6, 6.07) is 10.5. The Morgan fingerprint density at radius 2 is 1.77 bits per heavy atom. The van der Waals surface area contributed by atoms with Crippen molar-refractivity contribution in [1.29, 1.82) is 0 Å². The Labute approximate surface area is 218 Å². The number of halogens is 1. The van der Waals surface area contributed by atoms with Crippen molar-refractivity contribution in [2.24, 2.45) is 4.99 Å². The van der Waals surface area contributed by atoms with E-state index in [0.717, 1.165) is 5.56 Å². The van der Waals surface area contributed by atoms with Crippen molar-refractivity contribution in [2.75, 3.05) is 36.7 Å². The molecule has 0 radical (unpaired) electrons. The van der Waals surface area contributed by atoms with Crippen LogP contribution in [-0.2, 0) is 21.1 Å². The number of hydrogen-bond donors (Lipinski definition) is 0. The van der Waals surface area contributed by atoms with Crippen LogP contribution >= 0.6 is 27.7 Å². The molecule has 0 aliphatic carbocycles. The van der Waals surface area contributed by atoms with E-state index in [0.29, 0.717) is 45.8 Å². The Bertz CT molecular complexity index is 1230. The Morgan fingerprint density at radius 3 is 2.40 bits per heavy atom.